The molecule has 0 saturated carbocycles. The number of nitrogens with zero attached hydrogens (tertiary/aromatic N) is 3. The molecule has 1 unspecified atom stereocenters. The monoisotopic (exact) mass is 589 g/mol. The predicted molar refractivity (Wildman–Crippen MR) is 154 cm³/mol. The largest absolute Gasteiger partial charge is 0.503 e. The van der Waals surface area contributed by atoms with Gasteiger partial charge in [0.2, 0.25) is 10.9 Å². The SMILES string of the molecule is COc1cccc2cc(C(=O)C3=C(O)C(=O)N(c4nnc(SCc5ccccc5)s4)C3c3ccc(Cl)cc3)oc12. The van der Waals surface area contributed by atoms with E-state index < -0.39 is 23.5 Å². The van der Waals surface area contributed by atoms with Crippen LogP contribution < -0.4 is 9.64 Å². The van der Waals surface area contributed by atoms with Crippen LogP contribution in [0.5, 0.6) is 5.75 Å². The summed E-state index contributed by atoms with van der Waals surface area (Å²) in [5, 5.41) is 21.0. The number of Topliss-reactive ketones (excluding diaryl/α,β-unsaturated/α-hetero) is 1. The zero-order valence-electron chi connectivity index (χ0n) is 20.9. The van der Waals surface area contributed by atoms with Gasteiger partial charge in [-0.25, -0.2) is 0 Å². The number of hydrogen-bond acceptors (Lipinski definition) is 9. The van der Waals surface area contributed by atoms with Gasteiger partial charge in [-0.2, -0.15) is 0 Å². The zero-order chi connectivity index (χ0) is 27.8. The molecule has 1 amide bonds. The first-order valence-corrected chi connectivity index (χ1v) is 14.3. The fourth-order valence-corrected chi connectivity index (χ4v) is 6.46. The number of ketones is 1. The molecule has 2 aromatic heterocycles. The van der Waals surface area contributed by atoms with Crippen molar-refractivity contribution in [3.8, 4) is 5.75 Å². The Morgan fingerprint density at radius 2 is 1.88 bits per heavy atom. The van der Waals surface area contributed by atoms with Crippen LogP contribution in [-0.4, -0.2) is 34.1 Å². The Morgan fingerprint density at radius 3 is 2.62 bits per heavy atom. The number of amides is 1. The van der Waals surface area contributed by atoms with Crippen LogP contribution >= 0.6 is 34.7 Å². The summed E-state index contributed by atoms with van der Waals surface area (Å²) in [6.45, 7) is 0. The average molecular weight is 590 g/mol. The van der Waals surface area contributed by atoms with Crippen LogP contribution in [0.2, 0.25) is 5.02 Å². The standard InChI is InChI=1S/C29H20ClN3O5S2/c1-37-20-9-5-8-18-14-21(38-26(18)20)24(34)22-23(17-10-12-19(30)13-11-17)33(27(36)25(22)35)28-31-32-29(40-28)39-15-16-6-3-2-4-7-16/h2-14,23,35H,15H2,1H3. The van der Waals surface area contributed by atoms with Crippen LogP contribution in [-0.2, 0) is 10.5 Å². The highest BCUT2D eigenvalue weighted by atomic mass is 35.5. The highest BCUT2D eigenvalue weighted by Crippen LogP contribution is 2.44. The minimum absolute atomic E-state index is 0.0361. The minimum Gasteiger partial charge on any atom is -0.503 e. The van der Waals surface area contributed by atoms with E-state index in [1.54, 1.807) is 48.5 Å². The summed E-state index contributed by atoms with van der Waals surface area (Å²) >= 11 is 8.82. The van der Waals surface area contributed by atoms with Crippen molar-refractivity contribution in [2.24, 2.45) is 0 Å². The molecule has 1 aliphatic heterocycles. The number of carbonyl (C=O) groups excluding carboxylic acids is 2. The Hall–Kier alpha value is -4.12. The van der Waals surface area contributed by atoms with E-state index in [-0.39, 0.29) is 16.5 Å². The van der Waals surface area contributed by atoms with E-state index in [0.29, 0.717) is 37.4 Å². The van der Waals surface area contributed by atoms with Crippen LogP contribution in [0.4, 0.5) is 5.13 Å². The Bertz CT molecular complexity index is 1770. The maximum Gasteiger partial charge on any atom is 0.296 e. The van der Waals surface area contributed by atoms with Gasteiger partial charge in [0.05, 0.1) is 18.7 Å². The van der Waals surface area contributed by atoms with E-state index in [2.05, 4.69) is 10.2 Å². The van der Waals surface area contributed by atoms with Crippen molar-refractivity contribution in [3.05, 3.63) is 112 Å². The number of thioether (sulfide) groups is 1. The number of fused-ring (bicyclic) bond motifs is 1. The fourth-order valence-electron chi connectivity index (χ4n) is 4.51. The van der Waals surface area contributed by atoms with Gasteiger partial charge in [0.15, 0.2) is 27.2 Å². The van der Waals surface area contributed by atoms with E-state index in [4.69, 9.17) is 20.8 Å². The van der Waals surface area contributed by atoms with E-state index in [1.807, 2.05) is 30.3 Å². The molecule has 0 spiro atoms. The van der Waals surface area contributed by atoms with Crippen molar-refractivity contribution < 1.29 is 23.8 Å². The number of para-hydroxylation sites is 1. The van der Waals surface area contributed by atoms with Gasteiger partial charge in [-0.05, 0) is 35.4 Å². The first kappa shape index (κ1) is 26.1. The maximum absolute atomic E-state index is 13.9. The van der Waals surface area contributed by atoms with Crippen molar-refractivity contribution in [2.45, 2.75) is 16.1 Å². The van der Waals surface area contributed by atoms with Crippen molar-refractivity contribution in [1.29, 1.82) is 0 Å². The molecule has 0 aliphatic carbocycles. The van der Waals surface area contributed by atoms with Gasteiger partial charge in [-0.3, -0.25) is 14.5 Å². The molecule has 0 fully saturated rings. The number of carbonyl (C=O) groups is 2. The van der Waals surface area contributed by atoms with Gasteiger partial charge in [-0.15, -0.1) is 10.2 Å². The highest BCUT2D eigenvalue weighted by molar-refractivity contribution is 8.00. The molecule has 0 radical (unpaired) electrons. The van der Waals surface area contributed by atoms with Crippen LogP contribution in [0.15, 0.2) is 99.0 Å². The van der Waals surface area contributed by atoms with Gasteiger partial charge < -0.3 is 14.3 Å². The van der Waals surface area contributed by atoms with Gasteiger partial charge >= 0.3 is 0 Å². The number of aromatic nitrogens is 2. The van der Waals surface area contributed by atoms with Gasteiger partial charge in [0.1, 0.15) is 0 Å². The molecule has 1 N–H and O–H groups in total. The topological polar surface area (TPSA) is 106 Å². The van der Waals surface area contributed by atoms with E-state index in [9.17, 15) is 14.7 Å². The van der Waals surface area contributed by atoms with Crippen molar-refractivity contribution in [2.75, 3.05) is 12.0 Å². The Morgan fingerprint density at radius 1 is 1.10 bits per heavy atom. The van der Waals surface area contributed by atoms with Crippen molar-refractivity contribution in [3.63, 3.8) is 0 Å². The lowest BCUT2D eigenvalue weighted by Gasteiger charge is -2.23. The smallest absolute Gasteiger partial charge is 0.296 e. The lowest BCUT2D eigenvalue weighted by Crippen LogP contribution is -2.31. The lowest BCUT2D eigenvalue weighted by atomic mass is 9.95. The second-order valence-corrected chi connectivity index (χ2v) is 11.4. The number of aliphatic hydroxyl groups excluding tert-OH is 1. The second kappa shape index (κ2) is 10.8. The first-order valence-electron chi connectivity index (χ1n) is 12.1. The van der Waals surface area contributed by atoms with E-state index in [0.717, 1.165) is 5.56 Å². The molecule has 11 heteroatoms. The summed E-state index contributed by atoms with van der Waals surface area (Å²) < 4.78 is 11.9. The van der Waals surface area contributed by atoms with Crippen LogP contribution in [0, 0.1) is 0 Å². The molecule has 5 aromatic rings. The van der Waals surface area contributed by atoms with Crippen LogP contribution in [0.1, 0.15) is 27.7 Å². The zero-order valence-corrected chi connectivity index (χ0v) is 23.3. The lowest BCUT2D eigenvalue weighted by molar-refractivity contribution is -0.117. The summed E-state index contributed by atoms with van der Waals surface area (Å²) in [4.78, 5) is 28.6. The third-order valence-corrected chi connectivity index (χ3v) is 8.78. The fraction of sp³-hybridized carbons (Fsp3) is 0.103. The third-order valence-electron chi connectivity index (χ3n) is 6.40. The van der Waals surface area contributed by atoms with E-state index in [1.165, 1.54) is 35.1 Å². The minimum atomic E-state index is -0.979. The molecule has 0 bridgehead atoms. The Kier molecular flexibility index (Phi) is 7.05. The second-order valence-electron chi connectivity index (χ2n) is 8.83. The average Bonchev–Trinajstić information content (AvgIpc) is 3.69. The molecule has 200 valence electrons. The highest BCUT2D eigenvalue weighted by Gasteiger charge is 2.46. The molecule has 0 saturated heterocycles. The normalized spacial score (nSPS) is 15.3. The Balaban J connectivity index is 1.38. The number of benzene rings is 3. The summed E-state index contributed by atoms with van der Waals surface area (Å²) in [5.41, 5.74) is 1.95. The molecule has 3 aromatic carbocycles. The first-order chi connectivity index (χ1) is 19.4. The number of furan rings is 1. The molecular weight excluding hydrogens is 570 g/mol. The number of aliphatic hydroxyl groups is 1. The van der Waals surface area contributed by atoms with Gasteiger partial charge in [-0.1, -0.05) is 89.3 Å². The van der Waals surface area contributed by atoms with Crippen molar-refractivity contribution >= 4 is 62.5 Å². The summed E-state index contributed by atoms with van der Waals surface area (Å²) in [7, 11) is 1.51. The summed E-state index contributed by atoms with van der Waals surface area (Å²) in [6.07, 6.45) is 0. The quantitative estimate of drug-likeness (QED) is 0.117. The molecule has 40 heavy (non-hydrogen) atoms. The van der Waals surface area contributed by atoms with Gasteiger partial charge in [0.25, 0.3) is 5.91 Å². The molecule has 1 aliphatic rings. The molecule has 3 heterocycles. The molecular formula is C29H20ClN3O5S2. The molecule has 8 nitrogen and oxygen atoms in total. The predicted octanol–water partition coefficient (Wildman–Crippen LogP) is 7.02. The Labute approximate surface area is 241 Å². The maximum atomic E-state index is 13.9. The number of methoxy groups -OCH3 is 1. The number of rotatable bonds is 8. The molecule has 6 rings (SSSR count). The molecule has 1 atom stereocenters. The number of hydrogen-bond donors (Lipinski definition) is 1. The number of ether oxygens (including phenoxy) is 1. The third kappa shape index (κ3) is 4.74. The number of halogens is 1. The van der Waals surface area contributed by atoms with Crippen molar-refractivity contribution in [1.82, 2.24) is 10.2 Å². The summed E-state index contributed by atoms with van der Waals surface area (Å²) in [6, 6.07) is 22.5. The number of anilines is 1. The van der Waals surface area contributed by atoms with Crippen LogP contribution in [0.25, 0.3) is 11.0 Å². The summed E-state index contributed by atoms with van der Waals surface area (Å²) in [5.74, 6) is -0.964. The van der Waals surface area contributed by atoms with E-state index >= 15 is 0 Å². The van der Waals surface area contributed by atoms with Gasteiger partial charge in [0, 0.05) is 16.2 Å². The van der Waals surface area contributed by atoms with Crippen LogP contribution in [0.3, 0.4) is 0 Å².